The van der Waals surface area contributed by atoms with Crippen molar-refractivity contribution in [3.63, 3.8) is 0 Å². The van der Waals surface area contributed by atoms with Gasteiger partial charge in [-0.25, -0.2) is 4.99 Å². The number of fused-ring (bicyclic) bond motifs is 1. The second kappa shape index (κ2) is 4.80. The van der Waals surface area contributed by atoms with Crippen LogP contribution in [0.4, 0.5) is 5.69 Å². The summed E-state index contributed by atoms with van der Waals surface area (Å²) in [5.74, 6) is 0.979. The van der Waals surface area contributed by atoms with Gasteiger partial charge in [0.15, 0.2) is 5.96 Å². The maximum absolute atomic E-state index is 4.89. The molecule has 0 aliphatic carbocycles. The van der Waals surface area contributed by atoms with Crippen LogP contribution in [0, 0.1) is 6.92 Å². The summed E-state index contributed by atoms with van der Waals surface area (Å²) in [6, 6.07) is 6.47. The standard InChI is InChI=1S/C17H27N3/c1-12-9-8-10-13-11-20(17(5,6)7)15(18-14(12)13)19-16(2,3)4/h8-10H,11H2,1-7H3,(H,18,19). The number of para-hydroxylation sites is 1. The van der Waals surface area contributed by atoms with Crippen molar-refractivity contribution in [2.24, 2.45) is 4.99 Å². The lowest BCUT2D eigenvalue weighted by Gasteiger charge is -2.43. The summed E-state index contributed by atoms with van der Waals surface area (Å²) in [4.78, 5) is 7.23. The molecule has 1 aliphatic heterocycles. The Labute approximate surface area is 123 Å². The normalized spacial score (nSPS) is 17.9. The molecule has 0 aromatic heterocycles. The highest BCUT2D eigenvalue weighted by Crippen LogP contribution is 2.31. The number of hydrogen-bond acceptors (Lipinski definition) is 1. The van der Waals surface area contributed by atoms with Crippen molar-refractivity contribution in [3.05, 3.63) is 29.3 Å². The summed E-state index contributed by atoms with van der Waals surface area (Å²) in [6.07, 6.45) is 0. The Balaban J connectivity index is 2.50. The van der Waals surface area contributed by atoms with Gasteiger partial charge in [-0.3, -0.25) is 0 Å². The van der Waals surface area contributed by atoms with Crippen LogP contribution in [0.25, 0.3) is 0 Å². The fourth-order valence-electron chi connectivity index (χ4n) is 2.42. The van der Waals surface area contributed by atoms with Crippen molar-refractivity contribution in [2.75, 3.05) is 5.32 Å². The molecule has 3 heteroatoms. The van der Waals surface area contributed by atoms with Crippen LogP contribution in [0.3, 0.4) is 0 Å². The second-order valence-electron chi connectivity index (χ2n) is 7.60. The number of nitrogens with one attached hydrogen (secondary N) is 1. The molecule has 0 radical (unpaired) electrons. The fraction of sp³-hybridized carbons (Fsp3) is 0.588. The van der Waals surface area contributed by atoms with Gasteiger partial charge in [-0.2, -0.15) is 0 Å². The third-order valence-electron chi connectivity index (χ3n) is 3.43. The fourth-order valence-corrected chi connectivity index (χ4v) is 2.42. The first-order chi connectivity index (χ1) is 9.08. The van der Waals surface area contributed by atoms with Gasteiger partial charge in [0.25, 0.3) is 0 Å². The average Bonchev–Trinajstić information content (AvgIpc) is 2.26. The van der Waals surface area contributed by atoms with Gasteiger partial charge in [-0.05, 0) is 59.6 Å². The van der Waals surface area contributed by atoms with Gasteiger partial charge in [0.1, 0.15) is 0 Å². The highest BCUT2D eigenvalue weighted by atomic mass is 15.4. The SMILES string of the molecule is Cc1cccc2c1NC(=NC(C)(C)C)N(C(C)(C)C)C2. The summed E-state index contributed by atoms with van der Waals surface area (Å²) in [7, 11) is 0. The molecular weight excluding hydrogens is 246 g/mol. The average molecular weight is 273 g/mol. The summed E-state index contributed by atoms with van der Waals surface area (Å²) in [5.41, 5.74) is 3.78. The quantitative estimate of drug-likeness (QED) is 0.768. The summed E-state index contributed by atoms with van der Waals surface area (Å²) in [5, 5.41) is 3.55. The predicted octanol–water partition coefficient (Wildman–Crippen LogP) is 4.18. The van der Waals surface area contributed by atoms with E-state index in [4.69, 9.17) is 4.99 Å². The number of guanidine groups is 1. The van der Waals surface area contributed by atoms with Crippen LogP contribution in [-0.4, -0.2) is 21.9 Å². The molecule has 1 N–H and O–H groups in total. The molecule has 0 atom stereocenters. The highest BCUT2D eigenvalue weighted by molar-refractivity contribution is 5.97. The first-order valence-electron chi connectivity index (χ1n) is 7.31. The Morgan fingerprint density at radius 2 is 1.75 bits per heavy atom. The molecule has 0 bridgehead atoms. The zero-order valence-corrected chi connectivity index (χ0v) is 13.8. The Morgan fingerprint density at radius 3 is 2.30 bits per heavy atom. The van der Waals surface area contributed by atoms with Crippen molar-refractivity contribution in [1.82, 2.24) is 4.90 Å². The lowest BCUT2D eigenvalue weighted by atomic mass is 10.00. The van der Waals surface area contributed by atoms with Gasteiger partial charge in [0, 0.05) is 17.8 Å². The molecule has 2 rings (SSSR count). The van der Waals surface area contributed by atoms with E-state index < -0.39 is 0 Å². The molecule has 3 nitrogen and oxygen atoms in total. The van der Waals surface area contributed by atoms with E-state index in [1.807, 2.05) is 0 Å². The van der Waals surface area contributed by atoms with Crippen LogP contribution in [0.5, 0.6) is 0 Å². The molecule has 0 amide bonds. The minimum Gasteiger partial charge on any atom is -0.333 e. The van der Waals surface area contributed by atoms with E-state index in [0.717, 1.165) is 12.5 Å². The number of aryl methyl sites for hydroxylation is 1. The van der Waals surface area contributed by atoms with E-state index in [-0.39, 0.29) is 11.1 Å². The van der Waals surface area contributed by atoms with Gasteiger partial charge in [0.2, 0.25) is 0 Å². The minimum atomic E-state index is -0.0912. The van der Waals surface area contributed by atoms with Crippen LogP contribution >= 0.6 is 0 Å². The Kier molecular flexibility index (Phi) is 3.57. The number of nitrogens with zero attached hydrogens (tertiary/aromatic N) is 2. The molecule has 0 fully saturated rings. The molecular formula is C17H27N3. The van der Waals surface area contributed by atoms with Gasteiger partial charge < -0.3 is 10.2 Å². The molecule has 20 heavy (non-hydrogen) atoms. The molecule has 110 valence electrons. The number of hydrogen-bond donors (Lipinski definition) is 1. The molecule has 0 unspecified atom stereocenters. The lowest BCUT2D eigenvalue weighted by molar-refractivity contribution is 0.223. The summed E-state index contributed by atoms with van der Waals surface area (Å²) in [6.45, 7) is 16.1. The monoisotopic (exact) mass is 273 g/mol. The van der Waals surface area contributed by atoms with E-state index in [0.29, 0.717) is 0 Å². The van der Waals surface area contributed by atoms with Crippen molar-refractivity contribution < 1.29 is 0 Å². The van der Waals surface area contributed by atoms with E-state index in [9.17, 15) is 0 Å². The van der Waals surface area contributed by atoms with Crippen LogP contribution in [-0.2, 0) is 6.54 Å². The summed E-state index contributed by atoms with van der Waals surface area (Å²) < 4.78 is 0. The van der Waals surface area contributed by atoms with Gasteiger partial charge in [-0.15, -0.1) is 0 Å². The van der Waals surface area contributed by atoms with E-state index in [1.54, 1.807) is 0 Å². The maximum Gasteiger partial charge on any atom is 0.199 e. The van der Waals surface area contributed by atoms with Crippen LogP contribution in [0.15, 0.2) is 23.2 Å². The van der Waals surface area contributed by atoms with Gasteiger partial charge in [0.05, 0.1) is 5.54 Å². The predicted molar refractivity (Wildman–Crippen MR) is 87.3 cm³/mol. The Hall–Kier alpha value is -1.51. The van der Waals surface area contributed by atoms with Crippen molar-refractivity contribution in [1.29, 1.82) is 0 Å². The number of rotatable bonds is 0. The molecule has 0 saturated carbocycles. The lowest BCUT2D eigenvalue weighted by Crippen LogP contribution is -2.51. The Morgan fingerprint density at radius 1 is 1.10 bits per heavy atom. The first kappa shape index (κ1) is 14.9. The van der Waals surface area contributed by atoms with E-state index >= 15 is 0 Å². The largest absolute Gasteiger partial charge is 0.333 e. The maximum atomic E-state index is 4.89. The van der Waals surface area contributed by atoms with Crippen molar-refractivity contribution in [2.45, 2.75) is 66.1 Å². The molecule has 1 heterocycles. The zero-order valence-electron chi connectivity index (χ0n) is 13.8. The molecule has 0 spiro atoms. The smallest absolute Gasteiger partial charge is 0.199 e. The minimum absolute atomic E-state index is 0.0402. The molecule has 1 aromatic rings. The van der Waals surface area contributed by atoms with E-state index in [1.165, 1.54) is 16.8 Å². The Bertz CT molecular complexity index is 530. The van der Waals surface area contributed by atoms with Crippen LogP contribution < -0.4 is 5.32 Å². The van der Waals surface area contributed by atoms with Crippen LogP contribution in [0.2, 0.25) is 0 Å². The highest BCUT2D eigenvalue weighted by Gasteiger charge is 2.31. The molecule has 0 saturated heterocycles. The third kappa shape index (κ3) is 3.14. The van der Waals surface area contributed by atoms with Gasteiger partial charge >= 0.3 is 0 Å². The third-order valence-corrected chi connectivity index (χ3v) is 3.43. The van der Waals surface area contributed by atoms with E-state index in [2.05, 4.69) is 76.9 Å². The topological polar surface area (TPSA) is 27.6 Å². The number of aliphatic imine (C=N–C) groups is 1. The number of benzene rings is 1. The van der Waals surface area contributed by atoms with Crippen molar-refractivity contribution >= 4 is 11.6 Å². The van der Waals surface area contributed by atoms with Gasteiger partial charge in [-0.1, -0.05) is 18.2 Å². The number of anilines is 1. The van der Waals surface area contributed by atoms with Crippen molar-refractivity contribution in [3.8, 4) is 0 Å². The second-order valence-corrected chi connectivity index (χ2v) is 7.60. The zero-order chi connectivity index (χ0) is 15.1. The molecule has 1 aromatic carbocycles. The summed E-state index contributed by atoms with van der Waals surface area (Å²) >= 11 is 0. The van der Waals surface area contributed by atoms with Crippen LogP contribution in [0.1, 0.15) is 52.7 Å². The first-order valence-corrected chi connectivity index (χ1v) is 7.31. The molecule has 1 aliphatic rings.